The molecule has 0 saturated heterocycles. The van der Waals surface area contributed by atoms with Gasteiger partial charge >= 0.3 is 0 Å². The largest absolute Gasteiger partial charge is 0.491 e. The number of nitrogens with zero attached hydrogens (tertiary/aromatic N) is 5. The monoisotopic (exact) mass is 512 g/mol. The van der Waals surface area contributed by atoms with Crippen molar-refractivity contribution < 1.29 is 17.9 Å². The van der Waals surface area contributed by atoms with Gasteiger partial charge in [-0.2, -0.15) is 5.10 Å². The lowest BCUT2D eigenvalue weighted by molar-refractivity contribution is 0.0955. The molecule has 0 bridgehead atoms. The summed E-state index contributed by atoms with van der Waals surface area (Å²) in [4.78, 5) is 21.7. The van der Waals surface area contributed by atoms with Gasteiger partial charge in [-0.3, -0.25) is 4.79 Å². The molecule has 0 aliphatic carbocycles. The fraction of sp³-hybridized carbons (Fsp3) is 0.217. The van der Waals surface area contributed by atoms with Gasteiger partial charge in [-0.1, -0.05) is 23.7 Å². The van der Waals surface area contributed by atoms with Crippen LogP contribution in [0.5, 0.6) is 5.75 Å². The van der Waals surface area contributed by atoms with Crippen LogP contribution in [0.1, 0.15) is 10.4 Å². The minimum absolute atomic E-state index is 0.0372. The smallest absolute Gasteiger partial charge is 0.251 e. The molecular weight excluding hydrogens is 492 g/mol. The van der Waals surface area contributed by atoms with E-state index in [9.17, 15) is 13.2 Å². The minimum Gasteiger partial charge on any atom is -0.491 e. The SMILES string of the molecule is CS(=O)(=O)CCNC(=O)c1ccc2c(c1)OCCn1cc(-c3ncnn3-c3ccccc3Cl)nc1-2. The van der Waals surface area contributed by atoms with E-state index in [-0.39, 0.29) is 18.2 Å². The van der Waals surface area contributed by atoms with Crippen LogP contribution in [0.3, 0.4) is 0 Å². The summed E-state index contributed by atoms with van der Waals surface area (Å²) in [6, 6.07) is 12.4. The van der Waals surface area contributed by atoms with Crippen molar-refractivity contribution in [2.45, 2.75) is 6.54 Å². The van der Waals surface area contributed by atoms with E-state index in [1.54, 1.807) is 28.9 Å². The zero-order chi connectivity index (χ0) is 24.6. The van der Waals surface area contributed by atoms with Crippen LogP contribution < -0.4 is 10.1 Å². The third kappa shape index (κ3) is 4.77. The number of carbonyl (C=O) groups excluding carboxylic acids is 1. The van der Waals surface area contributed by atoms with E-state index in [0.717, 1.165) is 11.8 Å². The Morgan fingerprint density at radius 1 is 1.20 bits per heavy atom. The maximum absolute atomic E-state index is 12.5. The maximum Gasteiger partial charge on any atom is 0.251 e. The van der Waals surface area contributed by atoms with Crippen LogP contribution in [0.25, 0.3) is 28.6 Å². The lowest BCUT2D eigenvalue weighted by Crippen LogP contribution is -2.28. The molecule has 35 heavy (non-hydrogen) atoms. The second-order valence-electron chi connectivity index (χ2n) is 8.04. The molecular formula is C23H21ClN6O4S. The second kappa shape index (κ2) is 9.16. The number of ether oxygens (including phenoxy) is 1. The maximum atomic E-state index is 12.5. The number of halogens is 1. The lowest BCUT2D eigenvalue weighted by atomic mass is 10.1. The highest BCUT2D eigenvalue weighted by atomic mass is 35.5. The average molecular weight is 513 g/mol. The number of hydrogen-bond acceptors (Lipinski definition) is 7. The van der Waals surface area contributed by atoms with Crippen molar-refractivity contribution in [3.05, 3.63) is 65.6 Å². The Hall–Kier alpha value is -3.70. The first-order valence-corrected chi connectivity index (χ1v) is 13.2. The highest BCUT2D eigenvalue weighted by molar-refractivity contribution is 7.90. The molecule has 2 aromatic heterocycles. The third-order valence-corrected chi connectivity index (χ3v) is 6.73. The molecule has 3 heterocycles. The van der Waals surface area contributed by atoms with Gasteiger partial charge < -0.3 is 14.6 Å². The minimum atomic E-state index is -3.16. The number of nitrogens with one attached hydrogen (secondary N) is 1. The van der Waals surface area contributed by atoms with E-state index in [1.807, 2.05) is 29.0 Å². The quantitative estimate of drug-likeness (QED) is 0.421. The Kier molecular flexibility index (Phi) is 6.03. The zero-order valence-electron chi connectivity index (χ0n) is 18.7. The van der Waals surface area contributed by atoms with Gasteiger partial charge in [0, 0.05) is 24.6 Å². The van der Waals surface area contributed by atoms with Crippen LogP contribution in [-0.2, 0) is 16.4 Å². The molecule has 0 radical (unpaired) electrons. The molecule has 0 unspecified atom stereocenters. The summed E-state index contributed by atoms with van der Waals surface area (Å²) in [5.74, 6) is 1.23. The fourth-order valence-corrected chi connectivity index (χ4v) is 4.49. The number of imidazole rings is 1. The molecule has 1 aliphatic heterocycles. The standard InChI is InChI=1S/C23H21ClN6O4S/c1-35(32,33)11-8-25-23(31)15-6-7-16-20(12-15)34-10-9-29-13-18(28-21(16)29)22-26-14-27-30(22)19-5-3-2-4-17(19)24/h2-7,12-14H,8-11H2,1H3,(H,25,31). The zero-order valence-corrected chi connectivity index (χ0v) is 20.3. The van der Waals surface area contributed by atoms with Gasteiger partial charge in [0.1, 0.15) is 40.0 Å². The molecule has 1 amide bonds. The van der Waals surface area contributed by atoms with E-state index in [4.69, 9.17) is 21.3 Å². The molecule has 180 valence electrons. The Balaban J connectivity index is 1.46. The van der Waals surface area contributed by atoms with Crippen molar-refractivity contribution in [1.29, 1.82) is 0 Å². The molecule has 10 nitrogen and oxygen atoms in total. The molecule has 0 spiro atoms. The van der Waals surface area contributed by atoms with E-state index >= 15 is 0 Å². The van der Waals surface area contributed by atoms with Crippen LogP contribution in [0.15, 0.2) is 55.0 Å². The van der Waals surface area contributed by atoms with Crippen molar-refractivity contribution in [2.24, 2.45) is 0 Å². The van der Waals surface area contributed by atoms with Crippen LogP contribution in [-0.4, -0.2) is 63.8 Å². The van der Waals surface area contributed by atoms with Crippen LogP contribution in [0.4, 0.5) is 0 Å². The van der Waals surface area contributed by atoms with Gasteiger partial charge in [0.25, 0.3) is 5.91 Å². The van der Waals surface area contributed by atoms with Crippen molar-refractivity contribution in [3.63, 3.8) is 0 Å². The number of hydrogen-bond donors (Lipinski definition) is 1. The van der Waals surface area contributed by atoms with E-state index in [0.29, 0.717) is 52.5 Å². The highest BCUT2D eigenvalue weighted by Gasteiger charge is 2.23. The second-order valence-corrected chi connectivity index (χ2v) is 10.7. The van der Waals surface area contributed by atoms with Crippen molar-refractivity contribution in [1.82, 2.24) is 29.6 Å². The number of rotatable bonds is 6. The number of para-hydroxylation sites is 1. The number of amides is 1. The predicted molar refractivity (Wildman–Crippen MR) is 131 cm³/mol. The first-order chi connectivity index (χ1) is 16.8. The predicted octanol–water partition coefficient (Wildman–Crippen LogP) is 2.62. The first kappa shape index (κ1) is 23.1. The Morgan fingerprint density at radius 3 is 2.83 bits per heavy atom. The molecule has 5 rings (SSSR count). The number of sulfone groups is 1. The summed E-state index contributed by atoms with van der Waals surface area (Å²) in [6.45, 7) is 0.967. The topological polar surface area (TPSA) is 121 Å². The summed E-state index contributed by atoms with van der Waals surface area (Å²) < 4.78 is 32.1. The van der Waals surface area contributed by atoms with E-state index in [2.05, 4.69) is 15.4 Å². The summed E-state index contributed by atoms with van der Waals surface area (Å²) in [6.07, 6.45) is 4.47. The summed E-state index contributed by atoms with van der Waals surface area (Å²) in [5, 5.41) is 7.49. The molecule has 2 aromatic carbocycles. The van der Waals surface area contributed by atoms with Gasteiger partial charge in [0.2, 0.25) is 0 Å². The van der Waals surface area contributed by atoms with Gasteiger partial charge in [0.05, 0.1) is 28.6 Å². The molecule has 0 saturated carbocycles. The first-order valence-electron chi connectivity index (χ1n) is 10.8. The van der Waals surface area contributed by atoms with Crippen LogP contribution >= 0.6 is 11.6 Å². The summed E-state index contributed by atoms with van der Waals surface area (Å²) >= 11 is 6.37. The molecule has 4 aromatic rings. The summed E-state index contributed by atoms with van der Waals surface area (Å²) in [5.41, 5.74) is 2.41. The Morgan fingerprint density at radius 2 is 2.03 bits per heavy atom. The molecule has 1 N–H and O–H groups in total. The lowest BCUT2D eigenvalue weighted by Gasteiger charge is -2.10. The molecule has 1 aliphatic rings. The average Bonchev–Trinajstić information content (AvgIpc) is 3.42. The molecule has 0 atom stereocenters. The highest BCUT2D eigenvalue weighted by Crippen LogP contribution is 2.35. The van der Waals surface area contributed by atoms with Crippen molar-refractivity contribution in [2.75, 3.05) is 25.2 Å². The van der Waals surface area contributed by atoms with E-state index < -0.39 is 9.84 Å². The van der Waals surface area contributed by atoms with E-state index in [1.165, 1.54) is 6.33 Å². The molecule has 0 fully saturated rings. The van der Waals surface area contributed by atoms with Gasteiger partial charge in [0.15, 0.2) is 5.82 Å². The number of benzene rings is 2. The van der Waals surface area contributed by atoms with Gasteiger partial charge in [-0.15, -0.1) is 0 Å². The normalized spacial score (nSPS) is 12.9. The van der Waals surface area contributed by atoms with Crippen LogP contribution in [0.2, 0.25) is 5.02 Å². The Bertz CT molecular complexity index is 1530. The number of fused-ring (bicyclic) bond motifs is 3. The van der Waals surface area contributed by atoms with Crippen LogP contribution in [0, 0.1) is 0 Å². The Labute approximate surface area is 206 Å². The summed E-state index contributed by atoms with van der Waals surface area (Å²) in [7, 11) is -3.16. The third-order valence-electron chi connectivity index (χ3n) is 5.47. The fourth-order valence-electron chi connectivity index (χ4n) is 3.80. The van der Waals surface area contributed by atoms with Gasteiger partial charge in [-0.25, -0.2) is 23.1 Å². The van der Waals surface area contributed by atoms with Gasteiger partial charge in [-0.05, 0) is 30.3 Å². The number of carbonyl (C=O) groups is 1. The van der Waals surface area contributed by atoms with Crippen molar-refractivity contribution >= 4 is 27.3 Å². The van der Waals surface area contributed by atoms with Crippen molar-refractivity contribution in [3.8, 4) is 34.3 Å². The molecule has 12 heteroatoms. The number of aromatic nitrogens is 5.